The van der Waals surface area contributed by atoms with Crippen LogP contribution in [0.15, 0.2) is 60.7 Å². The molecule has 0 radical (unpaired) electrons. The summed E-state index contributed by atoms with van der Waals surface area (Å²) in [6.45, 7) is -0.514. The number of amides is 3. The van der Waals surface area contributed by atoms with Gasteiger partial charge in [0, 0.05) is 5.69 Å². The molecule has 2 aromatic rings. The number of ether oxygens (including phenoxy) is 1. The number of halogens is 1. The number of hydrogen-bond donors (Lipinski definition) is 1. The van der Waals surface area contributed by atoms with Gasteiger partial charge in [-0.15, -0.1) is 0 Å². The smallest absolute Gasteiger partial charge is 0.338 e. The molecule has 0 aromatic heterocycles. The van der Waals surface area contributed by atoms with Gasteiger partial charge in [0.1, 0.15) is 5.82 Å². The number of rotatable bonds is 5. The Bertz CT molecular complexity index is 1110. The van der Waals surface area contributed by atoms with Crippen LogP contribution >= 0.6 is 0 Å². The maximum Gasteiger partial charge on any atom is 0.338 e. The number of nitrogens with zero attached hydrogens (tertiary/aromatic N) is 1. The van der Waals surface area contributed by atoms with E-state index >= 15 is 0 Å². The Morgan fingerprint density at radius 2 is 1.53 bits per heavy atom. The van der Waals surface area contributed by atoms with Crippen LogP contribution in [0.1, 0.15) is 16.8 Å². The summed E-state index contributed by atoms with van der Waals surface area (Å²) in [4.78, 5) is 51.1. The predicted octanol–water partition coefficient (Wildman–Crippen LogP) is 2.93. The van der Waals surface area contributed by atoms with E-state index in [1.54, 1.807) is 0 Å². The quantitative estimate of drug-likeness (QED) is 0.444. The highest BCUT2D eigenvalue weighted by Gasteiger charge is 2.59. The second-order valence-corrected chi connectivity index (χ2v) is 8.19. The second-order valence-electron chi connectivity index (χ2n) is 8.19. The number of esters is 1. The molecule has 3 aliphatic rings. The minimum absolute atomic E-state index is 0.127. The van der Waals surface area contributed by atoms with E-state index in [1.807, 2.05) is 12.2 Å². The first kappa shape index (κ1) is 20.1. The van der Waals surface area contributed by atoms with Gasteiger partial charge < -0.3 is 10.1 Å². The molecule has 5 rings (SSSR count). The number of nitrogens with one attached hydrogen (secondary N) is 1. The van der Waals surface area contributed by atoms with E-state index in [4.69, 9.17) is 4.74 Å². The Balaban J connectivity index is 1.20. The Morgan fingerprint density at radius 1 is 0.938 bits per heavy atom. The molecular weight excluding hydrogens is 415 g/mol. The molecule has 8 heteroatoms. The van der Waals surface area contributed by atoms with E-state index in [0.29, 0.717) is 11.4 Å². The summed E-state index contributed by atoms with van der Waals surface area (Å²) < 4.78 is 17.9. The molecule has 1 saturated carbocycles. The van der Waals surface area contributed by atoms with Gasteiger partial charge in [-0.2, -0.15) is 0 Å². The van der Waals surface area contributed by atoms with Crippen molar-refractivity contribution in [1.29, 1.82) is 0 Å². The van der Waals surface area contributed by atoms with Crippen LogP contribution in [0.5, 0.6) is 0 Å². The van der Waals surface area contributed by atoms with Gasteiger partial charge in [0.05, 0.1) is 23.1 Å². The molecule has 1 heterocycles. The zero-order valence-electron chi connectivity index (χ0n) is 16.9. The van der Waals surface area contributed by atoms with Crippen molar-refractivity contribution in [2.45, 2.75) is 6.42 Å². The van der Waals surface area contributed by atoms with Crippen molar-refractivity contribution in [3.05, 3.63) is 72.1 Å². The lowest BCUT2D eigenvalue weighted by Crippen LogP contribution is -2.32. The first-order chi connectivity index (χ1) is 15.4. The average Bonchev–Trinajstić information content (AvgIpc) is 3.47. The third kappa shape index (κ3) is 3.37. The first-order valence-electron chi connectivity index (χ1n) is 10.3. The summed E-state index contributed by atoms with van der Waals surface area (Å²) in [5.74, 6) is -2.42. The summed E-state index contributed by atoms with van der Waals surface area (Å²) in [6, 6.07) is 11.2. The number of fused-ring (bicyclic) bond motifs is 5. The third-order valence-corrected chi connectivity index (χ3v) is 6.29. The largest absolute Gasteiger partial charge is 0.452 e. The van der Waals surface area contributed by atoms with Gasteiger partial charge in [-0.25, -0.2) is 9.18 Å². The van der Waals surface area contributed by atoms with E-state index < -0.39 is 24.3 Å². The molecule has 2 aliphatic carbocycles. The number of hydrogen-bond acceptors (Lipinski definition) is 5. The molecular formula is C24H19FN2O5. The summed E-state index contributed by atoms with van der Waals surface area (Å²) in [5.41, 5.74) is 0.980. The van der Waals surface area contributed by atoms with Crippen molar-refractivity contribution in [3.8, 4) is 0 Å². The fourth-order valence-corrected chi connectivity index (χ4v) is 4.85. The number of carbonyl (C=O) groups excluding carboxylic acids is 4. The van der Waals surface area contributed by atoms with Crippen molar-refractivity contribution < 1.29 is 28.3 Å². The fourth-order valence-electron chi connectivity index (χ4n) is 4.85. The van der Waals surface area contributed by atoms with E-state index in [2.05, 4.69) is 5.32 Å². The molecule has 32 heavy (non-hydrogen) atoms. The summed E-state index contributed by atoms with van der Waals surface area (Å²) in [7, 11) is 0. The Labute approximate surface area is 182 Å². The molecule has 1 N–H and O–H groups in total. The maximum absolute atomic E-state index is 12.9. The normalized spacial score (nSPS) is 25.2. The summed E-state index contributed by atoms with van der Waals surface area (Å²) in [6.07, 6.45) is 4.93. The van der Waals surface area contributed by atoms with E-state index in [-0.39, 0.29) is 41.0 Å². The molecule has 4 atom stereocenters. The molecule has 2 bridgehead atoms. The van der Waals surface area contributed by atoms with Gasteiger partial charge in [0.15, 0.2) is 6.61 Å². The van der Waals surface area contributed by atoms with E-state index in [9.17, 15) is 23.6 Å². The van der Waals surface area contributed by atoms with Gasteiger partial charge in [0.2, 0.25) is 11.8 Å². The van der Waals surface area contributed by atoms with Crippen molar-refractivity contribution in [2.75, 3.05) is 16.8 Å². The molecule has 0 unspecified atom stereocenters. The van der Waals surface area contributed by atoms with Crippen LogP contribution < -0.4 is 10.2 Å². The van der Waals surface area contributed by atoms with Crippen LogP contribution in [0.25, 0.3) is 0 Å². The molecule has 2 fully saturated rings. The lowest BCUT2D eigenvalue weighted by Gasteiger charge is -2.17. The lowest BCUT2D eigenvalue weighted by molar-refractivity contribution is -0.123. The highest BCUT2D eigenvalue weighted by atomic mass is 19.1. The van der Waals surface area contributed by atoms with Crippen molar-refractivity contribution >= 4 is 35.1 Å². The zero-order chi connectivity index (χ0) is 22.4. The molecule has 3 amide bonds. The fraction of sp³-hybridized carbons (Fsp3) is 0.250. The highest BCUT2D eigenvalue weighted by molar-refractivity contribution is 6.22. The van der Waals surface area contributed by atoms with Crippen LogP contribution in [-0.4, -0.2) is 30.3 Å². The van der Waals surface area contributed by atoms with Crippen molar-refractivity contribution in [1.82, 2.24) is 0 Å². The van der Waals surface area contributed by atoms with Crippen LogP contribution in [0.2, 0.25) is 0 Å². The van der Waals surface area contributed by atoms with Crippen molar-refractivity contribution in [2.24, 2.45) is 23.7 Å². The number of carbonyl (C=O) groups is 4. The highest BCUT2D eigenvalue weighted by Crippen LogP contribution is 2.53. The molecule has 1 aliphatic heterocycles. The Morgan fingerprint density at radius 3 is 2.12 bits per heavy atom. The molecule has 0 spiro atoms. The Hall–Kier alpha value is -3.81. The van der Waals surface area contributed by atoms with Crippen LogP contribution in [-0.2, 0) is 19.1 Å². The topological polar surface area (TPSA) is 92.8 Å². The standard InChI is InChI=1S/C24H19FN2O5/c25-16-5-7-17(8-6-16)26-19(28)12-32-24(31)13-3-9-18(10-4-13)27-22(29)20-14-1-2-15(11-14)21(20)23(27)30/h1-10,14-15,20-21H,11-12H2,(H,26,28)/t14-,15-,20-,21-/m0/s1. The third-order valence-electron chi connectivity index (χ3n) is 6.29. The van der Waals surface area contributed by atoms with Crippen LogP contribution in [0, 0.1) is 29.5 Å². The minimum Gasteiger partial charge on any atom is -0.452 e. The SMILES string of the molecule is O=C(COC(=O)c1ccc(N2C(=O)[C@@H]3[C@@H](C2=O)[C@H]2C=C[C@H]3C2)cc1)Nc1ccc(F)cc1. The van der Waals surface area contributed by atoms with Gasteiger partial charge in [-0.05, 0) is 66.8 Å². The van der Waals surface area contributed by atoms with Crippen LogP contribution in [0.4, 0.5) is 15.8 Å². The number of benzene rings is 2. The van der Waals surface area contributed by atoms with Crippen LogP contribution in [0.3, 0.4) is 0 Å². The summed E-state index contributed by atoms with van der Waals surface area (Å²) >= 11 is 0. The van der Waals surface area contributed by atoms with Gasteiger partial charge >= 0.3 is 5.97 Å². The number of anilines is 2. The molecule has 162 valence electrons. The van der Waals surface area contributed by atoms with Gasteiger partial charge in [-0.3, -0.25) is 19.3 Å². The van der Waals surface area contributed by atoms with Gasteiger partial charge in [0.25, 0.3) is 5.91 Å². The average molecular weight is 434 g/mol. The van der Waals surface area contributed by atoms with E-state index in [0.717, 1.165) is 6.42 Å². The second kappa shape index (κ2) is 7.71. The Kier molecular flexibility index (Phi) is 4.84. The van der Waals surface area contributed by atoms with Gasteiger partial charge in [-0.1, -0.05) is 12.2 Å². The molecule has 2 aromatic carbocycles. The predicted molar refractivity (Wildman–Crippen MR) is 112 cm³/mol. The monoisotopic (exact) mass is 434 g/mol. The first-order valence-corrected chi connectivity index (χ1v) is 10.3. The number of imide groups is 1. The maximum atomic E-state index is 12.9. The van der Waals surface area contributed by atoms with Crippen molar-refractivity contribution in [3.63, 3.8) is 0 Å². The molecule has 1 saturated heterocycles. The zero-order valence-corrected chi connectivity index (χ0v) is 16.9. The lowest BCUT2D eigenvalue weighted by atomic mass is 9.85. The molecule has 7 nitrogen and oxygen atoms in total. The van der Waals surface area contributed by atoms with E-state index in [1.165, 1.54) is 53.4 Å². The minimum atomic E-state index is -0.719. The number of allylic oxidation sites excluding steroid dienone is 2. The summed E-state index contributed by atoms with van der Waals surface area (Å²) in [5, 5.41) is 2.49.